The van der Waals surface area contributed by atoms with E-state index in [-0.39, 0.29) is 5.91 Å². The summed E-state index contributed by atoms with van der Waals surface area (Å²) in [5.41, 5.74) is 0.543. The Hall–Kier alpha value is -1.26. The topological polar surface area (TPSA) is 38.8 Å². The number of carbonyl (C=O) groups is 1. The molecule has 0 aliphatic carbocycles. The first kappa shape index (κ1) is 14.8. The Balaban J connectivity index is 2.86. The lowest BCUT2D eigenvalue weighted by atomic mass is 10.1. The Labute approximate surface area is 112 Å². The lowest BCUT2D eigenvalue weighted by molar-refractivity contribution is 0.0704. The molecule has 4 nitrogen and oxygen atoms in total. The third-order valence-electron chi connectivity index (χ3n) is 2.54. The fourth-order valence-corrected chi connectivity index (χ4v) is 1.81. The van der Waals surface area contributed by atoms with Crippen molar-refractivity contribution in [3.05, 3.63) is 29.8 Å². The average Bonchev–Trinajstić information content (AvgIpc) is 2.42. The smallest absolute Gasteiger partial charge is 0.257 e. The highest BCUT2D eigenvalue weighted by Gasteiger charge is 2.18. The molecule has 0 N–H and O–H groups in total. The first-order valence-corrected chi connectivity index (χ1v) is 6.25. The fraction of sp³-hybridized carbons (Fsp3) is 0.462. The number of amides is 1. The zero-order chi connectivity index (χ0) is 13.4. The van der Waals surface area contributed by atoms with Crippen molar-refractivity contribution in [3.8, 4) is 5.75 Å². The Morgan fingerprint density at radius 2 is 2.00 bits per heavy atom. The van der Waals surface area contributed by atoms with Crippen LogP contribution in [0.1, 0.15) is 10.4 Å². The molecule has 0 radical (unpaired) electrons. The molecular weight excluding hydrogens is 254 g/mol. The highest BCUT2D eigenvalue weighted by molar-refractivity contribution is 6.18. The maximum absolute atomic E-state index is 12.4. The summed E-state index contributed by atoms with van der Waals surface area (Å²) < 4.78 is 10.2. The molecule has 5 heteroatoms. The Kier molecular flexibility index (Phi) is 6.54. The summed E-state index contributed by atoms with van der Waals surface area (Å²) in [5.74, 6) is 0.870. The van der Waals surface area contributed by atoms with Gasteiger partial charge in [0.2, 0.25) is 0 Å². The quantitative estimate of drug-likeness (QED) is 0.712. The van der Waals surface area contributed by atoms with Gasteiger partial charge in [-0.25, -0.2) is 0 Å². The predicted molar refractivity (Wildman–Crippen MR) is 71.5 cm³/mol. The van der Waals surface area contributed by atoms with E-state index < -0.39 is 0 Å². The van der Waals surface area contributed by atoms with E-state index in [1.165, 1.54) is 0 Å². The number of nitrogens with zero attached hydrogens (tertiary/aromatic N) is 1. The number of para-hydroxylation sites is 1. The molecule has 1 rings (SSSR count). The van der Waals surface area contributed by atoms with Crippen LogP contribution in [0.3, 0.4) is 0 Å². The second-order valence-electron chi connectivity index (χ2n) is 3.67. The van der Waals surface area contributed by atoms with Gasteiger partial charge in [0.05, 0.1) is 19.3 Å². The molecule has 1 aromatic rings. The Morgan fingerprint density at radius 3 is 2.61 bits per heavy atom. The summed E-state index contributed by atoms with van der Waals surface area (Å²) in [7, 11) is 3.15. The maximum atomic E-state index is 12.4. The van der Waals surface area contributed by atoms with Crippen LogP contribution in [0, 0.1) is 0 Å². The molecule has 0 unspecified atom stereocenters. The molecule has 0 saturated carbocycles. The highest BCUT2D eigenvalue weighted by Crippen LogP contribution is 2.19. The van der Waals surface area contributed by atoms with Crippen LogP contribution in [0.2, 0.25) is 0 Å². The van der Waals surface area contributed by atoms with E-state index in [1.807, 2.05) is 12.1 Å². The van der Waals surface area contributed by atoms with Crippen molar-refractivity contribution < 1.29 is 14.3 Å². The molecule has 100 valence electrons. The van der Waals surface area contributed by atoms with Gasteiger partial charge in [0, 0.05) is 26.1 Å². The van der Waals surface area contributed by atoms with Crippen molar-refractivity contribution in [3.63, 3.8) is 0 Å². The van der Waals surface area contributed by atoms with E-state index in [4.69, 9.17) is 21.1 Å². The number of ether oxygens (including phenoxy) is 2. The van der Waals surface area contributed by atoms with E-state index >= 15 is 0 Å². The van der Waals surface area contributed by atoms with Gasteiger partial charge in [0.15, 0.2) is 0 Å². The van der Waals surface area contributed by atoms with Gasteiger partial charge >= 0.3 is 0 Å². The number of methoxy groups -OCH3 is 2. The number of hydrogen-bond acceptors (Lipinski definition) is 3. The summed E-state index contributed by atoms with van der Waals surface area (Å²) in [5, 5.41) is 0. The minimum atomic E-state index is -0.0925. The number of carbonyl (C=O) groups excluding carboxylic acids is 1. The molecule has 18 heavy (non-hydrogen) atoms. The molecule has 1 amide bonds. The molecule has 0 aliphatic rings. The van der Waals surface area contributed by atoms with E-state index in [1.54, 1.807) is 31.3 Å². The van der Waals surface area contributed by atoms with Crippen LogP contribution >= 0.6 is 11.6 Å². The summed E-state index contributed by atoms with van der Waals surface area (Å²) in [6.45, 7) is 1.49. The average molecular weight is 272 g/mol. The molecule has 0 aromatic heterocycles. The van der Waals surface area contributed by atoms with E-state index in [2.05, 4.69) is 0 Å². The lowest BCUT2D eigenvalue weighted by Gasteiger charge is -2.22. The monoisotopic (exact) mass is 271 g/mol. The number of rotatable bonds is 7. The minimum absolute atomic E-state index is 0.0925. The molecule has 0 atom stereocenters. The molecule has 0 bridgehead atoms. The second-order valence-corrected chi connectivity index (χ2v) is 4.05. The van der Waals surface area contributed by atoms with Gasteiger partial charge in [-0.15, -0.1) is 11.6 Å². The fourth-order valence-electron chi connectivity index (χ4n) is 1.61. The Morgan fingerprint density at radius 1 is 1.28 bits per heavy atom. The van der Waals surface area contributed by atoms with Crippen LogP contribution in [0.4, 0.5) is 0 Å². The zero-order valence-electron chi connectivity index (χ0n) is 10.7. The molecule has 0 heterocycles. The number of benzene rings is 1. The molecule has 1 aromatic carbocycles. The molecule has 0 aliphatic heterocycles. The van der Waals surface area contributed by atoms with Crippen LogP contribution in [0.25, 0.3) is 0 Å². The third kappa shape index (κ3) is 3.89. The number of hydrogen-bond donors (Lipinski definition) is 0. The third-order valence-corrected chi connectivity index (χ3v) is 2.71. The van der Waals surface area contributed by atoms with Gasteiger partial charge < -0.3 is 14.4 Å². The first-order valence-electron chi connectivity index (χ1n) is 5.71. The summed E-state index contributed by atoms with van der Waals surface area (Å²) in [6, 6.07) is 7.15. The van der Waals surface area contributed by atoms with Crippen molar-refractivity contribution in [2.24, 2.45) is 0 Å². The molecule has 0 saturated heterocycles. The molecule has 0 spiro atoms. The second kappa shape index (κ2) is 7.95. The SMILES string of the molecule is COCCN(CCCl)C(=O)c1ccccc1OC. The Bertz CT molecular complexity index is 384. The van der Waals surface area contributed by atoms with Gasteiger partial charge in [-0.2, -0.15) is 0 Å². The van der Waals surface area contributed by atoms with E-state index in [0.29, 0.717) is 36.9 Å². The summed E-state index contributed by atoms with van der Waals surface area (Å²) in [4.78, 5) is 14.0. The van der Waals surface area contributed by atoms with Crippen molar-refractivity contribution in [2.45, 2.75) is 0 Å². The van der Waals surface area contributed by atoms with Crippen LogP contribution < -0.4 is 4.74 Å². The van der Waals surface area contributed by atoms with Crippen LogP contribution in [0.5, 0.6) is 5.75 Å². The predicted octanol–water partition coefficient (Wildman–Crippen LogP) is 2.02. The van der Waals surface area contributed by atoms with Gasteiger partial charge in [-0.05, 0) is 12.1 Å². The summed E-state index contributed by atoms with van der Waals surface area (Å²) >= 11 is 5.71. The first-order chi connectivity index (χ1) is 8.74. The van der Waals surface area contributed by atoms with E-state index in [9.17, 15) is 4.79 Å². The molecular formula is C13H18ClNO3. The van der Waals surface area contributed by atoms with Crippen LogP contribution in [-0.2, 0) is 4.74 Å². The minimum Gasteiger partial charge on any atom is -0.496 e. The van der Waals surface area contributed by atoms with Crippen molar-refractivity contribution >= 4 is 17.5 Å². The van der Waals surface area contributed by atoms with Crippen molar-refractivity contribution in [1.29, 1.82) is 0 Å². The largest absolute Gasteiger partial charge is 0.496 e. The van der Waals surface area contributed by atoms with Crippen molar-refractivity contribution in [2.75, 3.05) is 39.8 Å². The van der Waals surface area contributed by atoms with Gasteiger partial charge in [0.25, 0.3) is 5.91 Å². The summed E-state index contributed by atoms with van der Waals surface area (Å²) in [6.07, 6.45) is 0. The van der Waals surface area contributed by atoms with Crippen LogP contribution in [0.15, 0.2) is 24.3 Å². The van der Waals surface area contributed by atoms with Gasteiger partial charge in [0.1, 0.15) is 5.75 Å². The maximum Gasteiger partial charge on any atom is 0.257 e. The van der Waals surface area contributed by atoms with Crippen LogP contribution in [-0.4, -0.2) is 50.6 Å². The standard InChI is InChI=1S/C13H18ClNO3/c1-17-10-9-15(8-7-14)13(16)11-5-3-4-6-12(11)18-2/h3-6H,7-10H2,1-2H3. The van der Waals surface area contributed by atoms with E-state index in [0.717, 1.165) is 0 Å². The van der Waals surface area contributed by atoms with Crippen molar-refractivity contribution in [1.82, 2.24) is 4.90 Å². The highest BCUT2D eigenvalue weighted by atomic mass is 35.5. The number of halogens is 1. The van der Waals surface area contributed by atoms with Gasteiger partial charge in [-0.1, -0.05) is 12.1 Å². The zero-order valence-corrected chi connectivity index (χ0v) is 11.4. The van der Waals surface area contributed by atoms with Gasteiger partial charge in [-0.3, -0.25) is 4.79 Å². The normalized spacial score (nSPS) is 10.2. The number of alkyl halides is 1. The molecule has 0 fully saturated rings. The lowest BCUT2D eigenvalue weighted by Crippen LogP contribution is -2.35.